The Morgan fingerprint density at radius 2 is 2.07 bits per heavy atom. The second-order valence-corrected chi connectivity index (χ2v) is 8.80. The molecule has 1 fully saturated rings. The summed E-state index contributed by atoms with van der Waals surface area (Å²) in [5.74, 6) is 0.162. The zero-order valence-corrected chi connectivity index (χ0v) is 17.5. The number of nitrogens with zero attached hydrogens (tertiary/aromatic N) is 4. The Kier molecular flexibility index (Phi) is 6.09. The molecule has 4 rings (SSSR count). The number of hydrogen-bond acceptors (Lipinski definition) is 4. The molecule has 0 radical (unpaired) electrons. The topological polar surface area (TPSA) is 51.0 Å². The van der Waals surface area contributed by atoms with Crippen molar-refractivity contribution in [3.05, 3.63) is 46.8 Å². The third kappa shape index (κ3) is 4.74. The van der Waals surface area contributed by atoms with Gasteiger partial charge in [0.1, 0.15) is 12.0 Å². The average Bonchev–Trinajstić information content (AvgIpc) is 3.17. The van der Waals surface area contributed by atoms with E-state index >= 15 is 0 Å². The van der Waals surface area contributed by atoms with E-state index in [1.807, 2.05) is 17.8 Å². The van der Waals surface area contributed by atoms with Gasteiger partial charge in [0, 0.05) is 38.2 Å². The fraction of sp³-hybridized carbons (Fsp3) is 0.609. The van der Waals surface area contributed by atoms with E-state index < -0.39 is 6.17 Å². The second-order valence-electron chi connectivity index (χ2n) is 8.80. The number of fused-ring (bicyclic) bond motifs is 1. The Hall–Kier alpha value is -2.08. The summed E-state index contributed by atoms with van der Waals surface area (Å²) in [6, 6.07) is 7.01. The second kappa shape index (κ2) is 8.74. The van der Waals surface area contributed by atoms with Crippen LogP contribution >= 0.6 is 0 Å². The number of piperidine rings is 1. The van der Waals surface area contributed by atoms with E-state index in [1.165, 1.54) is 16.7 Å². The minimum absolute atomic E-state index is 0.0242. The molecule has 2 heterocycles. The quantitative estimate of drug-likeness (QED) is 0.740. The SMILES string of the molecule is CC(=O)[C@H](C)Cc1cn([C@H]2CCCc3cc(CN4CCC(F)CC4)ccc32)nn1. The van der Waals surface area contributed by atoms with Crippen molar-refractivity contribution in [3.63, 3.8) is 0 Å². The van der Waals surface area contributed by atoms with E-state index in [0.717, 1.165) is 44.6 Å². The van der Waals surface area contributed by atoms with Crippen LogP contribution < -0.4 is 0 Å². The summed E-state index contributed by atoms with van der Waals surface area (Å²) < 4.78 is 15.4. The number of aryl methyl sites for hydroxylation is 1. The first-order valence-electron chi connectivity index (χ1n) is 10.9. The number of aromatic nitrogens is 3. The van der Waals surface area contributed by atoms with E-state index in [9.17, 15) is 9.18 Å². The number of Topliss-reactive ketones (excluding diaryl/α,β-unsaturated/α-hetero) is 1. The van der Waals surface area contributed by atoms with Crippen LogP contribution in [-0.2, 0) is 24.2 Å². The number of likely N-dealkylation sites (tertiary alicyclic amines) is 1. The van der Waals surface area contributed by atoms with Gasteiger partial charge in [0.25, 0.3) is 0 Å². The maximum atomic E-state index is 13.4. The molecule has 1 aromatic carbocycles. The van der Waals surface area contributed by atoms with Gasteiger partial charge in [0.15, 0.2) is 0 Å². The number of halogens is 1. The van der Waals surface area contributed by atoms with Gasteiger partial charge in [0.05, 0.1) is 11.7 Å². The molecule has 29 heavy (non-hydrogen) atoms. The van der Waals surface area contributed by atoms with Crippen LogP contribution in [0, 0.1) is 5.92 Å². The minimum atomic E-state index is -0.624. The van der Waals surface area contributed by atoms with Gasteiger partial charge in [-0.2, -0.15) is 0 Å². The van der Waals surface area contributed by atoms with E-state index in [-0.39, 0.29) is 17.7 Å². The van der Waals surface area contributed by atoms with Crippen molar-refractivity contribution in [1.29, 1.82) is 0 Å². The summed E-state index contributed by atoms with van der Waals surface area (Å²) in [6.45, 7) is 6.17. The molecule has 156 valence electrons. The lowest BCUT2D eigenvalue weighted by Gasteiger charge is -2.30. The molecule has 0 spiro atoms. The first-order valence-corrected chi connectivity index (χ1v) is 10.9. The molecule has 0 saturated carbocycles. The van der Waals surface area contributed by atoms with Crippen LogP contribution in [-0.4, -0.2) is 44.9 Å². The maximum absolute atomic E-state index is 13.4. The molecule has 0 N–H and O–H groups in total. The third-order valence-corrected chi connectivity index (χ3v) is 6.50. The average molecular weight is 399 g/mol. The Labute approximate surface area is 172 Å². The molecule has 1 saturated heterocycles. The number of rotatable bonds is 6. The summed E-state index contributed by atoms with van der Waals surface area (Å²) in [5.41, 5.74) is 4.93. The summed E-state index contributed by atoms with van der Waals surface area (Å²) >= 11 is 0. The molecule has 5 nitrogen and oxygen atoms in total. The highest BCUT2D eigenvalue weighted by Gasteiger charge is 2.24. The molecule has 1 aliphatic carbocycles. The highest BCUT2D eigenvalue weighted by atomic mass is 19.1. The van der Waals surface area contributed by atoms with Crippen molar-refractivity contribution in [3.8, 4) is 0 Å². The zero-order chi connectivity index (χ0) is 20.4. The van der Waals surface area contributed by atoms with Crippen molar-refractivity contribution >= 4 is 5.78 Å². The molecule has 0 amide bonds. The smallest absolute Gasteiger partial charge is 0.133 e. The van der Waals surface area contributed by atoms with Gasteiger partial charge in [-0.05, 0) is 55.7 Å². The number of carbonyl (C=O) groups is 1. The van der Waals surface area contributed by atoms with Crippen LogP contribution in [0.3, 0.4) is 0 Å². The lowest BCUT2D eigenvalue weighted by Crippen LogP contribution is -2.33. The molecule has 2 aliphatic rings. The van der Waals surface area contributed by atoms with Crippen molar-refractivity contribution in [2.45, 2.75) is 71.1 Å². The van der Waals surface area contributed by atoms with E-state index in [4.69, 9.17) is 0 Å². The minimum Gasteiger partial charge on any atom is -0.300 e. The van der Waals surface area contributed by atoms with E-state index in [0.29, 0.717) is 19.3 Å². The molecule has 0 unspecified atom stereocenters. The van der Waals surface area contributed by atoms with Crippen molar-refractivity contribution in [1.82, 2.24) is 19.9 Å². The van der Waals surface area contributed by atoms with Gasteiger partial charge < -0.3 is 0 Å². The van der Waals surface area contributed by atoms with Crippen LogP contribution in [0.25, 0.3) is 0 Å². The lowest BCUT2D eigenvalue weighted by atomic mass is 9.86. The fourth-order valence-corrected chi connectivity index (χ4v) is 4.55. The summed E-state index contributed by atoms with van der Waals surface area (Å²) in [7, 11) is 0. The third-order valence-electron chi connectivity index (χ3n) is 6.50. The van der Waals surface area contributed by atoms with E-state index in [1.54, 1.807) is 6.92 Å². The Morgan fingerprint density at radius 1 is 1.28 bits per heavy atom. The van der Waals surface area contributed by atoms with Crippen LogP contribution in [0.5, 0.6) is 0 Å². The molecule has 2 atom stereocenters. The van der Waals surface area contributed by atoms with Crippen molar-refractivity contribution < 1.29 is 9.18 Å². The highest BCUT2D eigenvalue weighted by molar-refractivity contribution is 5.78. The summed E-state index contributed by atoms with van der Waals surface area (Å²) in [5, 5.41) is 8.70. The molecule has 0 bridgehead atoms. The number of hydrogen-bond donors (Lipinski definition) is 0. The first-order chi connectivity index (χ1) is 14.0. The van der Waals surface area contributed by atoms with Crippen LogP contribution in [0.15, 0.2) is 24.4 Å². The summed E-state index contributed by atoms with van der Waals surface area (Å²) in [4.78, 5) is 13.9. The molecule has 1 aromatic heterocycles. The molecule has 2 aromatic rings. The first kappa shape index (κ1) is 20.2. The van der Waals surface area contributed by atoms with Gasteiger partial charge in [0.2, 0.25) is 0 Å². The van der Waals surface area contributed by atoms with Gasteiger partial charge in [-0.3, -0.25) is 9.69 Å². The van der Waals surface area contributed by atoms with Crippen molar-refractivity contribution in [2.75, 3.05) is 13.1 Å². The van der Waals surface area contributed by atoms with E-state index in [2.05, 4.69) is 33.4 Å². The standard InChI is InChI=1S/C23H31FN4O/c1-16(17(2)29)12-21-15-28(26-25-21)23-5-3-4-19-13-18(6-7-22(19)23)14-27-10-8-20(24)9-11-27/h6-7,13,15-16,20,23H,3-5,8-12,14H2,1-2H3/t16-,23+/m1/s1. The van der Waals surface area contributed by atoms with Crippen LogP contribution in [0.1, 0.15) is 68.0 Å². The fourth-order valence-electron chi connectivity index (χ4n) is 4.55. The molecular weight excluding hydrogens is 367 g/mol. The Balaban J connectivity index is 1.47. The lowest BCUT2D eigenvalue weighted by molar-refractivity contribution is -0.120. The van der Waals surface area contributed by atoms with Crippen molar-refractivity contribution in [2.24, 2.45) is 5.92 Å². The van der Waals surface area contributed by atoms with Gasteiger partial charge in [-0.25, -0.2) is 9.07 Å². The number of carbonyl (C=O) groups excluding carboxylic acids is 1. The Bertz CT molecular complexity index is 856. The number of ketones is 1. The normalized spacial score (nSPS) is 21.7. The van der Waals surface area contributed by atoms with Crippen LogP contribution in [0.4, 0.5) is 4.39 Å². The Morgan fingerprint density at radius 3 is 2.83 bits per heavy atom. The highest BCUT2D eigenvalue weighted by Crippen LogP contribution is 2.33. The van der Waals surface area contributed by atoms with Gasteiger partial charge in [-0.1, -0.05) is 30.3 Å². The maximum Gasteiger partial charge on any atom is 0.133 e. The predicted molar refractivity (Wildman–Crippen MR) is 110 cm³/mol. The molecule has 6 heteroatoms. The molecule has 1 aliphatic heterocycles. The van der Waals surface area contributed by atoms with Gasteiger partial charge >= 0.3 is 0 Å². The largest absolute Gasteiger partial charge is 0.300 e. The zero-order valence-electron chi connectivity index (χ0n) is 17.5. The molecular formula is C23H31FN4O. The van der Waals surface area contributed by atoms with Gasteiger partial charge in [-0.15, -0.1) is 5.10 Å². The number of benzene rings is 1. The predicted octanol–water partition coefficient (Wildman–Crippen LogP) is 3.91. The number of alkyl halides is 1. The monoisotopic (exact) mass is 398 g/mol. The summed E-state index contributed by atoms with van der Waals surface area (Å²) in [6.07, 6.45) is 6.62. The van der Waals surface area contributed by atoms with Crippen LogP contribution in [0.2, 0.25) is 0 Å².